The van der Waals surface area contributed by atoms with Crippen LogP contribution in [0.3, 0.4) is 0 Å². The molecule has 0 aliphatic carbocycles. The SMILES string of the molecule is C(=Cc1ccc2cc3cc(C=Cc4ccc5ccccc5c4)ccc3cc2c1)c1ccc2ccccc2c1. The third kappa shape index (κ3) is 4.49. The average molecular weight is 483 g/mol. The zero-order chi connectivity index (χ0) is 25.3. The minimum Gasteiger partial charge on any atom is -0.0616 e. The first kappa shape index (κ1) is 22.3. The van der Waals surface area contributed by atoms with Crippen LogP contribution in [0, 0.1) is 0 Å². The van der Waals surface area contributed by atoms with Gasteiger partial charge in [0, 0.05) is 0 Å². The lowest BCUT2D eigenvalue weighted by molar-refractivity contribution is 1.69. The maximum absolute atomic E-state index is 2.30. The van der Waals surface area contributed by atoms with Crippen molar-refractivity contribution in [1.29, 1.82) is 0 Å². The van der Waals surface area contributed by atoms with Gasteiger partial charge in [0.15, 0.2) is 0 Å². The van der Waals surface area contributed by atoms with Crippen LogP contribution in [0.4, 0.5) is 0 Å². The Morgan fingerprint density at radius 3 is 0.921 bits per heavy atom. The maximum atomic E-state index is 2.30. The highest BCUT2D eigenvalue weighted by molar-refractivity contribution is 6.00. The van der Waals surface area contributed by atoms with Crippen LogP contribution in [-0.2, 0) is 0 Å². The summed E-state index contributed by atoms with van der Waals surface area (Å²) in [6.07, 6.45) is 8.80. The van der Waals surface area contributed by atoms with E-state index in [1.54, 1.807) is 0 Å². The molecule has 0 heterocycles. The Kier molecular flexibility index (Phi) is 5.57. The second kappa shape index (κ2) is 9.50. The van der Waals surface area contributed by atoms with E-state index >= 15 is 0 Å². The Balaban J connectivity index is 1.15. The molecule has 0 aliphatic rings. The molecule has 0 atom stereocenters. The molecule has 0 saturated heterocycles. The Morgan fingerprint density at radius 1 is 0.237 bits per heavy atom. The lowest BCUT2D eigenvalue weighted by Crippen LogP contribution is -1.81. The van der Waals surface area contributed by atoms with Crippen LogP contribution in [0.25, 0.3) is 67.4 Å². The topological polar surface area (TPSA) is 0 Å². The summed E-state index contributed by atoms with van der Waals surface area (Å²) in [6, 6.07) is 48.2. The fourth-order valence-electron chi connectivity index (χ4n) is 5.25. The lowest BCUT2D eigenvalue weighted by Gasteiger charge is -2.06. The van der Waals surface area contributed by atoms with Crippen LogP contribution >= 0.6 is 0 Å². The summed E-state index contributed by atoms with van der Waals surface area (Å²) in [5, 5.41) is 10.1. The van der Waals surface area contributed by atoms with Gasteiger partial charge in [-0.25, -0.2) is 0 Å². The van der Waals surface area contributed by atoms with Gasteiger partial charge in [-0.1, -0.05) is 121 Å². The Bertz CT molecular complexity index is 1870. The summed E-state index contributed by atoms with van der Waals surface area (Å²) >= 11 is 0. The van der Waals surface area contributed by atoms with Gasteiger partial charge < -0.3 is 0 Å². The Morgan fingerprint density at radius 2 is 0.526 bits per heavy atom. The Hall–Kier alpha value is -4.94. The molecule has 0 aromatic heterocycles. The predicted molar refractivity (Wildman–Crippen MR) is 167 cm³/mol. The molecule has 7 rings (SSSR count). The molecule has 0 N–H and O–H groups in total. The number of hydrogen-bond acceptors (Lipinski definition) is 0. The van der Waals surface area contributed by atoms with E-state index < -0.39 is 0 Å². The van der Waals surface area contributed by atoms with Crippen LogP contribution in [0.5, 0.6) is 0 Å². The van der Waals surface area contributed by atoms with Crippen molar-refractivity contribution in [1.82, 2.24) is 0 Å². The molecule has 0 aliphatic heterocycles. The smallest absolute Gasteiger partial charge is 0.0172 e. The van der Waals surface area contributed by atoms with Gasteiger partial charge >= 0.3 is 0 Å². The van der Waals surface area contributed by atoms with Crippen LogP contribution in [0.1, 0.15) is 22.3 Å². The summed E-state index contributed by atoms with van der Waals surface area (Å²) in [5.41, 5.74) is 4.85. The molecule has 0 fully saturated rings. The highest BCUT2D eigenvalue weighted by Gasteiger charge is 2.01. The van der Waals surface area contributed by atoms with Crippen molar-refractivity contribution in [2.24, 2.45) is 0 Å². The molecule has 0 amide bonds. The second-order valence-corrected chi connectivity index (χ2v) is 9.95. The summed E-state index contributed by atoms with van der Waals surface area (Å²) in [6.45, 7) is 0. The second-order valence-electron chi connectivity index (χ2n) is 9.95. The number of benzene rings is 7. The molecule has 178 valence electrons. The van der Waals surface area contributed by atoms with Crippen molar-refractivity contribution in [3.8, 4) is 0 Å². The summed E-state index contributed by atoms with van der Waals surface area (Å²) in [4.78, 5) is 0. The van der Waals surface area contributed by atoms with Gasteiger partial charge in [-0.05, 0) is 102 Å². The summed E-state index contributed by atoms with van der Waals surface area (Å²) in [5.74, 6) is 0. The standard InChI is InChI=1S/C38H26/c1-3-7-33-21-27(13-17-31(33)5-1)9-11-29-15-19-35-26-38-24-30(16-20-36(38)25-37(35)23-29)12-10-28-14-18-32-6-2-4-8-34(32)22-28/h1-26H. The Labute approximate surface area is 222 Å². The van der Waals surface area contributed by atoms with Gasteiger partial charge in [-0.3, -0.25) is 0 Å². The number of fused-ring (bicyclic) bond motifs is 4. The van der Waals surface area contributed by atoms with E-state index in [1.165, 1.54) is 65.3 Å². The molecule has 38 heavy (non-hydrogen) atoms. The first-order valence-electron chi connectivity index (χ1n) is 13.1. The fourth-order valence-corrected chi connectivity index (χ4v) is 5.25. The highest BCUT2D eigenvalue weighted by Crippen LogP contribution is 2.27. The quantitative estimate of drug-likeness (QED) is 0.173. The van der Waals surface area contributed by atoms with Gasteiger partial charge in [0.25, 0.3) is 0 Å². The molecular formula is C38H26. The molecule has 7 aromatic carbocycles. The van der Waals surface area contributed by atoms with Crippen LogP contribution in [0.2, 0.25) is 0 Å². The molecule has 0 unspecified atom stereocenters. The van der Waals surface area contributed by atoms with Gasteiger partial charge in [-0.2, -0.15) is 0 Å². The molecule has 0 spiro atoms. The molecule has 0 nitrogen and oxygen atoms in total. The number of hydrogen-bond donors (Lipinski definition) is 0. The lowest BCUT2D eigenvalue weighted by atomic mass is 9.99. The fraction of sp³-hybridized carbons (Fsp3) is 0. The van der Waals surface area contributed by atoms with Crippen molar-refractivity contribution < 1.29 is 0 Å². The van der Waals surface area contributed by atoms with Gasteiger partial charge in [0.2, 0.25) is 0 Å². The van der Waals surface area contributed by atoms with E-state index in [1.807, 2.05) is 0 Å². The van der Waals surface area contributed by atoms with Crippen molar-refractivity contribution in [2.75, 3.05) is 0 Å². The van der Waals surface area contributed by atoms with Crippen LogP contribution < -0.4 is 0 Å². The van der Waals surface area contributed by atoms with E-state index in [2.05, 4.69) is 158 Å². The molecule has 0 saturated carbocycles. The van der Waals surface area contributed by atoms with Gasteiger partial charge in [0.1, 0.15) is 0 Å². The van der Waals surface area contributed by atoms with E-state index in [-0.39, 0.29) is 0 Å². The minimum absolute atomic E-state index is 1.21. The van der Waals surface area contributed by atoms with Crippen molar-refractivity contribution >= 4 is 67.4 Å². The van der Waals surface area contributed by atoms with Crippen molar-refractivity contribution in [3.63, 3.8) is 0 Å². The van der Waals surface area contributed by atoms with Crippen LogP contribution in [0.15, 0.2) is 133 Å². The first-order valence-corrected chi connectivity index (χ1v) is 13.1. The average Bonchev–Trinajstić information content (AvgIpc) is 2.97. The third-order valence-corrected chi connectivity index (χ3v) is 7.33. The largest absolute Gasteiger partial charge is 0.0616 e. The van der Waals surface area contributed by atoms with Gasteiger partial charge in [0.05, 0.1) is 0 Å². The molecule has 0 bridgehead atoms. The zero-order valence-electron chi connectivity index (χ0n) is 21.0. The third-order valence-electron chi connectivity index (χ3n) is 7.33. The maximum Gasteiger partial charge on any atom is -0.0172 e. The predicted octanol–water partition coefficient (Wildman–Crippen LogP) is 10.6. The normalized spacial score (nSPS) is 12.0. The molecular weight excluding hydrogens is 456 g/mol. The van der Waals surface area contributed by atoms with E-state index in [0.29, 0.717) is 0 Å². The molecule has 0 heteroatoms. The van der Waals surface area contributed by atoms with E-state index in [0.717, 1.165) is 0 Å². The van der Waals surface area contributed by atoms with E-state index in [4.69, 9.17) is 0 Å². The summed E-state index contributed by atoms with van der Waals surface area (Å²) < 4.78 is 0. The van der Waals surface area contributed by atoms with E-state index in [9.17, 15) is 0 Å². The van der Waals surface area contributed by atoms with Gasteiger partial charge in [-0.15, -0.1) is 0 Å². The minimum atomic E-state index is 1.21. The monoisotopic (exact) mass is 482 g/mol. The highest BCUT2D eigenvalue weighted by atomic mass is 14.1. The van der Waals surface area contributed by atoms with Crippen LogP contribution in [-0.4, -0.2) is 0 Å². The van der Waals surface area contributed by atoms with Crippen molar-refractivity contribution in [2.45, 2.75) is 0 Å². The summed E-state index contributed by atoms with van der Waals surface area (Å²) in [7, 11) is 0. The first-order chi connectivity index (χ1) is 18.8. The van der Waals surface area contributed by atoms with Crippen molar-refractivity contribution in [3.05, 3.63) is 156 Å². The molecule has 7 aromatic rings. The molecule has 0 radical (unpaired) electrons. The number of rotatable bonds is 4. The zero-order valence-corrected chi connectivity index (χ0v) is 21.0.